The predicted octanol–water partition coefficient (Wildman–Crippen LogP) is 4.75. The van der Waals surface area contributed by atoms with Gasteiger partial charge in [0.25, 0.3) is 0 Å². The second-order valence-corrected chi connectivity index (χ2v) is 5.68. The number of nitrogens with two attached hydrogens (primary N) is 1. The summed E-state index contributed by atoms with van der Waals surface area (Å²) in [4.78, 5) is 0. The molecule has 0 aliphatic rings. The van der Waals surface area contributed by atoms with Crippen molar-refractivity contribution in [1.82, 2.24) is 0 Å². The zero-order valence-corrected chi connectivity index (χ0v) is 12.0. The molecule has 0 rings (SSSR count). The Balaban J connectivity index is 3.31. The molecule has 1 heteroatoms. The maximum Gasteiger partial charge on any atom is 0.00669 e. The highest BCUT2D eigenvalue weighted by molar-refractivity contribution is 4.71. The lowest BCUT2D eigenvalue weighted by Gasteiger charge is -2.23. The van der Waals surface area contributed by atoms with E-state index in [2.05, 4.69) is 27.7 Å². The van der Waals surface area contributed by atoms with Crippen LogP contribution in [0.2, 0.25) is 0 Å². The molecule has 0 aliphatic carbocycles. The Bertz CT molecular complexity index is 142. The van der Waals surface area contributed by atoms with Gasteiger partial charge in [-0.3, -0.25) is 0 Å². The van der Waals surface area contributed by atoms with Crippen molar-refractivity contribution >= 4 is 0 Å². The van der Waals surface area contributed by atoms with Crippen LogP contribution in [-0.2, 0) is 0 Å². The summed E-state index contributed by atoms with van der Waals surface area (Å²) in [5, 5.41) is 0. The third-order valence-corrected chi connectivity index (χ3v) is 3.87. The molecule has 2 atom stereocenters. The fourth-order valence-corrected chi connectivity index (χ4v) is 2.09. The molecular weight excluding hydrogens is 194 g/mol. The largest absolute Gasteiger partial charge is 0.327 e. The summed E-state index contributed by atoms with van der Waals surface area (Å²) in [5.74, 6) is 1.39. The van der Waals surface area contributed by atoms with Crippen LogP contribution in [0.5, 0.6) is 0 Å². The summed E-state index contributed by atoms with van der Waals surface area (Å²) in [6.07, 6.45) is 10.9. The van der Waals surface area contributed by atoms with Gasteiger partial charge in [-0.2, -0.15) is 0 Å². The molecule has 0 radical (unpaired) electrons. The van der Waals surface area contributed by atoms with Gasteiger partial charge < -0.3 is 5.73 Å². The molecule has 0 spiro atoms. The second kappa shape index (κ2) is 10.1. The third-order valence-electron chi connectivity index (χ3n) is 3.87. The van der Waals surface area contributed by atoms with Crippen molar-refractivity contribution in [2.75, 3.05) is 0 Å². The third kappa shape index (κ3) is 8.15. The topological polar surface area (TPSA) is 26.0 Å². The van der Waals surface area contributed by atoms with Crippen LogP contribution in [0.3, 0.4) is 0 Å². The quantitative estimate of drug-likeness (QED) is 0.536. The second-order valence-electron chi connectivity index (χ2n) is 5.68. The highest BCUT2D eigenvalue weighted by Gasteiger charge is 2.15. The minimum absolute atomic E-state index is 0.413. The average molecular weight is 227 g/mol. The first-order chi connectivity index (χ1) is 7.59. The predicted molar refractivity (Wildman–Crippen MR) is 74.6 cm³/mol. The van der Waals surface area contributed by atoms with E-state index in [0.29, 0.717) is 12.0 Å². The van der Waals surface area contributed by atoms with Crippen LogP contribution in [0.4, 0.5) is 0 Å². The standard InChI is InChI=1S/C15H33N/c1-5-6-7-8-9-10-11-12-15(16)14(4)13(2)3/h13-15H,5-12,16H2,1-4H3. The highest BCUT2D eigenvalue weighted by Crippen LogP contribution is 2.18. The summed E-state index contributed by atoms with van der Waals surface area (Å²) < 4.78 is 0. The van der Waals surface area contributed by atoms with Gasteiger partial charge in [-0.25, -0.2) is 0 Å². The van der Waals surface area contributed by atoms with E-state index in [1.54, 1.807) is 0 Å². The lowest BCUT2D eigenvalue weighted by atomic mass is 9.88. The number of rotatable bonds is 10. The minimum atomic E-state index is 0.413. The number of unbranched alkanes of at least 4 members (excludes halogenated alkanes) is 6. The molecule has 0 saturated carbocycles. The van der Waals surface area contributed by atoms with Crippen molar-refractivity contribution in [2.24, 2.45) is 17.6 Å². The van der Waals surface area contributed by atoms with Gasteiger partial charge in [0.15, 0.2) is 0 Å². The van der Waals surface area contributed by atoms with E-state index < -0.39 is 0 Å². The molecule has 0 aromatic rings. The first-order valence-corrected chi connectivity index (χ1v) is 7.35. The summed E-state index contributed by atoms with van der Waals surface area (Å²) >= 11 is 0. The van der Waals surface area contributed by atoms with E-state index in [9.17, 15) is 0 Å². The molecule has 1 nitrogen and oxygen atoms in total. The molecule has 0 aliphatic heterocycles. The molecule has 16 heavy (non-hydrogen) atoms. The van der Waals surface area contributed by atoms with E-state index in [1.165, 1.54) is 51.4 Å². The molecular formula is C15H33N. The van der Waals surface area contributed by atoms with Gasteiger partial charge in [-0.1, -0.05) is 72.6 Å². The molecule has 2 N–H and O–H groups in total. The summed E-state index contributed by atoms with van der Waals surface area (Å²) in [6.45, 7) is 9.10. The monoisotopic (exact) mass is 227 g/mol. The minimum Gasteiger partial charge on any atom is -0.327 e. The SMILES string of the molecule is CCCCCCCCCC(N)C(C)C(C)C. The van der Waals surface area contributed by atoms with Crippen LogP contribution < -0.4 is 5.73 Å². The molecule has 0 heterocycles. The molecule has 0 saturated heterocycles. The molecule has 0 aromatic heterocycles. The van der Waals surface area contributed by atoms with Crippen LogP contribution in [0.25, 0.3) is 0 Å². The van der Waals surface area contributed by atoms with Crippen molar-refractivity contribution in [3.8, 4) is 0 Å². The molecule has 0 amide bonds. The van der Waals surface area contributed by atoms with Gasteiger partial charge in [-0.15, -0.1) is 0 Å². The fraction of sp³-hybridized carbons (Fsp3) is 1.00. The van der Waals surface area contributed by atoms with Gasteiger partial charge in [0, 0.05) is 6.04 Å². The zero-order valence-electron chi connectivity index (χ0n) is 12.0. The maximum absolute atomic E-state index is 6.18. The van der Waals surface area contributed by atoms with Gasteiger partial charge in [-0.05, 0) is 18.3 Å². The smallest absolute Gasteiger partial charge is 0.00669 e. The molecule has 98 valence electrons. The van der Waals surface area contributed by atoms with Crippen LogP contribution in [0.1, 0.15) is 79.1 Å². The Morgan fingerprint density at radius 2 is 1.31 bits per heavy atom. The average Bonchev–Trinajstić information content (AvgIpc) is 2.26. The Morgan fingerprint density at radius 1 is 0.812 bits per heavy atom. The van der Waals surface area contributed by atoms with Crippen molar-refractivity contribution in [3.05, 3.63) is 0 Å². The van der Waals surface area contributed by atoms with Gasteiger partial charge in [0.2, 0.25) is 0 Å². The van der Waals surface area contributed by atoms with Crippen LogP contribution in [-0.4, -0.2) is 6.04 Å². The van der Waals surface area contributed by atoms with Crippen molar-refractivity contribution in [1.29, 1.82) is 0 Å². The van der Waals surface area contributed by atoms with E-state index in [0.717, 1.165) is 5.92 Å². The molecule has 0 fully saturated rings. The Labute approximate surface area is 103 Å². The Kier molecular flexibility index (Phi) is 10.1. The van der Waals surface area contributed by atoms with Crippen LogP contribution >= 0.6 is 0 Å². The zero-order chi connectivity index (χ0) is 12.4. The normalized spacial score (nSPS) is 15.4. The summed E-state index contributed by atoms with van der Waals surface area (Å²) in [7, 11) is 0. The van der Waals surface area contributed by atoms with E-state index in [1.807, 2.05) is 0 Å². The maximum atomic E-state index is 6.18. The lowest BCUT2D eigenvalue weighted by molar-refractivity contribution is 0.325. The van der Waals surface area contributed by atoms with Crippen LogP contribution in [0.15, 0.2) is 0 Å². The van der Waals surface area contributed by atoms with Crippen molar-refractivity contribution < 1.29 is 0 Å². The Morgan fingerprint density at radius 3 is 1.81 bits per heavy atom. The van der Waals surface area contributed by atoms with Gasteiger partial charge in [0.1, 0.15) is 0 Å². The van der Waals surface area contributed by atoms with E-state index >= 15 is 0 Å². The van der Waals surface area contributed by atoms with Gasteiger partial charge >= 0.3 is 0 Å². The lowest BCUT2D eigenvalue weighted by Crippen LogP contribution is -2.31. The number of hydrogen-bond donors (Lipinski definition) is 1. The van der Waals surface area contributed by atoms with Gasteiger partial charge in [0.05, 0.1) is 0 Å². The van der Waals surface area contributed by atoms with E-state index in [4.69, 9.17) is 5.73 Å². The molecule has 0 aromatic carbocycles. The summed E-state index contributed by atoms with van der Waals surface area (Å²) in [5.41, 5.74) is 6.18. The highest BCUT2D eigenvalue weighted by atomic mass is 14.6. The first kappa shape index (κ1) is 16.0. The molecule has 0 bridgehead atoms. The van der Waals surface area contributed by atoms with Crippen LogP contribution in [0, 0.1) is 11.8 Å². The van der Waals surface area contributed by atoms with E-state index in [-0.39, 0.29) is 0 Å². The first-order valence-electron chi connectivity index (χ1n) is 7.35. The Hall–Kier alpha value is -0.0400. The fourth-order valence-electron chi connectivity index (χ4n) is 2.09. The summed E-state index contributed by atoms with van der Waals surface area (Å²) in [6, 6.07) is 0.413. The van der Waals surface area contributed by atoms with Crippen molar-refractivity contribution in [3.63, 3.8) is 0 Å². The molecule has 2 unspecified atom stereocenters. The number of hydrogen-bond acceptors (Lipinski definition) is 1. The van der Waals surface area contributed by atoms with Crippen molar-refractivity contribution in [2.45, 2.75) is 85.1 Å².